The molecular formula is C16H14N2O. The maximum atomic E-state index is 11.6. The van der Waals surface area contributed by atoms with Gasteiger partial charge in [0.1, 0.15) is 0 Å². The van der Waals surface area contributed by atoms with Crippen molar-refractivity contribution < 1.29 is 4.79 Å². The zero-order valence-corrected chi connectivity index (χ0v) is 10.6. The fourth-order valence-corrected chi connectivity index (χ4v) is 2.70. The van der Waals surface area contributed by atoms with E-state index in [1.165, 1.54) is 0 Å². The second-order valence-electron chi connectivity index (χ2n) is 4.85. The number of anilines is 1. The van der Waals surface area contributed by atoms with Gasteiger partial charge in [-0.25, -0.2) is 0 Å². The third kappa shape index (κ3) is 2.06. The Hall–Kier alpha value is -2.34. The molecule has 3 rings (SSSR count). The molecule has 94 valence electrons. The number of ketones is 1. The first-order valence-corrected chi connectivity index (χ1v) is 6.48. The Morgan fingerprint density at radius 2 is 1.89 bits per heavy atom. The lowest BCUT2D eigenvalue weighted by atomic mass is 10.0. The van der Waals surface area contributed by atoms with Gasteiger partial charge in [0.15, 0.2) is 5.78 Å². The van der Waals surface area contributed by atoms with Crippen LogP contribution < -0.4 is 4.90 Å². The number of hydrogen-bond acceptors (Lipinski definition) is 3. The molecular weight excluding hydrogens is 236 g/mol. The van der Waals surface area contributed by atoms with Crippen LogP contribution in [0.5, 0.6) is 0 Å². The van der Waals surface area contributed by atoms with Gasteiger partial charge in [-0.3, -0.25) is 4.79 Å². The van der Waals surface area contributed by atoms with Crippen LogP contribution >= 0.6 is 0 Å². The highest BCUT2D eigenvalue weighted by Gasteiger charge is 2.19. The van der Waals surface area contributed by atoms with E-state index in [1.807, 2.05) is 36.4 Å². The van der Waals surface area contributed by atoms with Crippen LogP contribution in [0.25, 0.3) is 10.8 Å². The third-order valence-corrected chi connectivity index (χ3v) is 3.61. The lowest BCUT2D eigenvalue weighted by Crippen LogP contribution is -2.35. The second-order valence-corrected chi connectivity index (χ2v) is 4.85. The summed E-state index contributed by atoms with van der Waals surface area (Å²) in [5, 5.41) is 11.2. The minimum absolute atomic E-state index is 0.291. The normalized spacial score (nSPS) is 15.5. The molecule has 0 saturated carbocycles. The minimum atomic E-state index is 0.291. The Balaban J connectivity index is 2.14. The van der Waals surface area contributed by atoms with Crippen LogP contribution in [0.4, 0.5) is 5.69 Å². The summed E-state index contributed by atoms with van der Waals surface area (Å²) in [5.74, 6) is 0.291. The summed E-state index contributed by atoms with van der Waals surface area (Å²) in [4.78, 5) is 13.7. The summed E-state index contributed by atoms with van der Waals surface area (Å²) in [6.07, 6.45) is 1.60. The van der Waals surface area contributed by atoms with Crippen molar-refractivity contribution in [3.63, 3.8) is 0 Å². The predicted octanol–water partition coefficient (Wildman–Crippen LogP) is 2.88. The summed E-state index contributed by atoms with van der Waals surface area (Å²) in [5.41, 5.74) is 1.74. The molecule has 0 radical (unpaired) electrons. The Labute approximate surface area is 112 Å². The number of Topliss-reactive ketones (excluding diaryl/α,β-unsaturated/α-hetero) is 1. The standard InChI is InChI=1S/C16H14N2O/c17-10-12-7-8-16(15-6-2-1-5-14(12)15)18-9-3-4-13(19)11-18/h1-2,5-8H,3-4,9,11H2. The first-order chi connectivity index (χ1) is 9.29. The third-order valence-electron chi connectivity index (χ3n) is 3.61. The quantitative estimate of drug-likeness (QED) is 0.781. The molecule has 3 heteroatoms. The number of benzene rings is 2. The topological polar surface area (TPSA) is 44.1 Å². The molecule has 19 heavy (non-hydrogen) atoms. The molecule has 0 spiro atoms. The van der Waals surface area contributed by atoms with Crippen LogP contribution in [0.3, 0.4) is 0 Å². The molecule has 3 nitrogen and oxygen atoms in total. The van der Waals surface area contributed by atoms with E-state index in [0.29, 0.717) is 24.3 Å². The van der Waals surface area contributed by atoms with Crippen molar-refractivity contribution in [2.45, 2.75) is 12.8 Å². The second kappa shape index (κ2) is 4.74. The molecule has 0 aliphatic carbocycles. The predicted molar refractivity (Wildman–Crippen MR) is 75.1 cm³/mol. The number of carbonyl (C=O) groups is 1. The number of fused-ring (bicyclic) bond motifs is 1. The molecule has 0 N–H and O–H groups in total. The lowest BCUT2D eigenvalue weighted by molar-refractivity contribution is -0.118. The summed E-state index contributed by atoms with van der Waals surface area (Å²) in [6.45, 7) is 1.39. The number of rotatable bonds is 1. The molecule has 1 saturated heterocycles. The molecule has 0 unspecified atom stereocenters. The Morgan fingerprint density at radius 3 is 2.63 bits per heavy atom. The average Bonchev–Trinajstić information content (AvgIpc) is 2.46. The van der Waals surface area contributed by atoms with Gasteiger partial charge < -0.3 is 4.90 Å². The highest BCUT2D eigenvalue weighted by atomic mass is 16.1. The van der Waals surface area contributed by atoms with Crippen molar-refractivity contribution in [1.29, 1.82) is 5.26 Å². The summed E-state index contributed by atoms with van der Waals surface area (Å²) >= 11 is 0. The molecule has 2 aromatic rings. The van der Waals surface area contributed by atoms with E-state index >= 15 is 0 Å². The van der Waals surface area contributed by atoms with Crippen LogP contribution in [0.2, 0.25) is 0 Å². The fraction of sp³-hybridized carbons (Fsp3) is 0.250. The Bertz CT molecular complexity index is 685. The molecule has 1 fully saturated rings. The largest absolute Gasteiger partial charge is 0.364 e. The average molecular weight is 250 g/mol. The van der Waals surface area contributed by atoms with Crippen molar-refractivity contribution in [3.8, 4) is 6.07 Å². The van der Waals surface area contributed by atoms with Crippen LogP contribution in [0.15, 0.2) is 36.4 Å². The van der Waals surface area contributed by atoms with Crippen molar-refractivity contribution in [3.05, 3.63) is 42.0 Å². The van der Waals surface area contributed by atoms with Gasteiger partial charge in [0.25, 0.3) is 0 Å². The van der Waals surface area contributed by atoms with E-state index < -0.39 is 0 Å². The van der Waals surface area contributed by atoms with Gasteiger partial charge in [0.05, 0.1) is 18.2 Å². The van der Waals surface area contributed by atoms with Crippen LogP contribution in [0, 0.1) is 11.3 Å². The highest BCUT2D eigenvalue weighted by Crippen LogP contribution is 2.30. The van der Waals surface area contributed by atoms with E-state index in [0.717, 1.165) is 29.4 Å². The minimum Gasteiger partial charge on any atom is -0.364 e. The first-order valence-electron chi connectivity index (χ1n) is 6.48. The fourth-order valence-electron chi connectivity index (χ4n) is 2.70. The molecule has 0 amide bonds. The van der Waals surface area contributed by atoms with E-state index in [4.69, 9.17) is 5.26 Å². The first kappa shape index (κ1) is 11.7. The molecule has 1 aliphatic rings. The maximum Gasteiger partial charge on any atom is 0.152 e. The van der Waals surface area contributed by atoms with E-state index in [1.54, 1.807) is 0 Å². The monoisotopic (exact) mass is 250 g/mol. The van der Waals surface area contributed by atoms with Gasteiger partial charge in [0, 0.05) is 29.4 Å². The molecule has 0 aromatic heterocycles. The number of hydrogen-bond donors (Lipinski definition) is 0. The van der Waals surface area contributed by atoms with Crippen molar-refractivity contribution in [2.75, 3.05) is 18.0 Å². The van der Waals surface area contributed by atoms with E-state index in [9.17, 15) is 4.79 Å². The van der Waals surface area contributed by atoms with Gasteiger partial charge in [-0.15, -0.1) is 0 Å². The highest BCUT2D eigenvalue weighted by molar-refractivity contribution is 5.99. The molecule has 1 heterocycles. The Kier molecular flexibility index (Phi) is 2.92. The summed E-state index contributed by atoms with van der Waals surface area (Å²) in [7, 11) is 0. The smallest absolute Gasteiger partial charge is 0.152 e. The molecule has 2 aromatic carbocycles. The van der Waals surface area contributed by atoms with Gasteiger partial charge in [-0.05, 0) is 18.6 Å². The number of carbonyl (C=O) groups excluding carboxylic acids is 1. The maximum absolute atomic E-state index is 11.6. The molecule has 1 aliphatic heterocycles. The number of piperidine rings is 1. The molecule has 0 atom stereocenters. The SMILES string of the molecule is N#Cc1ccc(N2CCCC(=O)C2)c2ccccc12. The lowest BCUT2D eigenvalue weighted by Gasteiger charge is -2.29. The van der Waals surface area contributed by atoms with E-state index in [2.05, 4.69) is 11.0 Å². The molecule has 0 bridgehead atoms. The van der Waals surface area contributed by atoms with Gasteiger partial charge >= 0.3 is 0 Å². The number of nitrogens with zero attached hydrogens (tertiary/aromatic N) is 2. The zero-order valence-electron chi connectivity index (χ0n) is 10.6. The zero-order chi connectivity index (χ0) is 13.2. The summed E-state index contributed by atoms with van der Waals surface area (Å²) in [6, 6.07) is 13.9. The van der Waals surface area contributed by atoms with Crippen molar-refractivity contribution >= 4 is 22.2 Å². The van der Waals surface area contributed by atoms with Crippen LogP contribution in [-0.2, 0) is 4.79 Å². The van der Waals surface area contributed by atoms with Gasteiger partial charge in [-0.2, -0.15) is 5.26 Å². The Morgan fingerprint density at radius 1 is 1.11 bits per heavy atom. The summed E-state index contributed by atoms with van der Waals surface area (Å²) < 4.78 is 0. The van der Waals surface area contributed by atoms with Gasteiger partial charge in [-0.1, -0.05) is 24.3 Å². The van der Waals surface area contributed by atoms with Crippen LogP contribution in [0.1, 0.15) is 18.4 Å². The van der Waals surface area contributed by atoms with Crippen molar-refractivity contribution in [1.82, 2.24) is 0 Å². The van der Waals surface area contributed by atoms with Crippen LogP contribution in [-0.4, -0.2) is 18.9 Å². The van der Waals surface area contributed by atoms with E-state index in [-0.39, 0.29) is 0 Å². The van der Waals surface area contributed by atoms with Crippen molar-refractivity contribution in [2.24, 2.45) is 0 Å². The number of nitriles is 1. The van der Waals surface area contributed by atoms with Gasteiger partial charge in [0.2, 0.25) is 0 Å².